The maximum Gasteiger partial charge on any atom is 0.240 e. The molecule has 0 unspecified atom stereocenters. The number of rotatable bonds is 6. The maximum absolute atomic E-state index is 12.8. The third-order valence-electron chi connectivity index (χ3n) is 4.67. The molecule has 0 bridgehead atoms. The van der Waals surface area contributed by atoms with Crippen LogP contribution in [0.4, 0.5) is 0 Å². The Morgan fingerprint density at radius 3 is 2.36 bits per heavy atom. The lowest BCUT2D eigenvalue weighted by atomic mass is 9.91. The molecule has 0 aromatic heterocycles. The van der Waals surface area contributed by atoms with E-state index in [2.05, 4.69) is 10.6 Å². The van der Waals surface area contributed by atoms with Crippen LogP contribution in [0.1, 0.15) is 23.5 Å². The molecule has 25 heavy (non-hydrogen) atoms. The number of nitrogens with one attached hydrogen (secondary N) is 2. The van der Waals surface area contributed by atoms with Gasteiger partial charge in [-0.2, -0.15) is 0 Å². The summed E-state index contributed by atoms with van der Waals surface area (Å²) in [7, 11) is 0. The monoisotopic (exact) mass is 337 g/mol. The molecular formula is C20H23N3O2. The zero-order chi connectivity index (χ0) is 17.6. The summed E-state index contributed by atoms with van der Waals surface area (Å²) in [5.74, 6) is -0.594. The highest BCUT2D eigenvalue weighted by molar-refractivity contribution is 5.90. The van der Waals surface area contributed by atoms with Crippen LogP contribution in [0, 0.1) is 0 Å². The predicted molar refractivity (Wildman–Crippen MR) is 96.9 cm³/mol. The highest BCUT2D eigenvalue weighted by atomic mass is 16.2. The summed E-state index contributed by atoms with van der Waals surface area (Å²) >= 11 is 0. The van der Waals surface area contributed by atoms with Crippen LogP contribution in [0.25, 0.3) is 0 Å². The van der Waals surface area contributed by atoms with Crippen molar-refractivity contribution in [2.75, 3.05) is 6.54 Å². The van der Waals surface area contributed by atoms with Gasteiger partial charge in [0.25, 0.3) is 0 Å². The van der Waals surface area contributed by atoms with Gasteiger partial charge in [0.05, 0.1) is 6.04 Å². The molecular weight excluding hydrogens is 314 g/mol. The molecule has 2 amide bonds. The largest absolute Gasteiger partial charge is 0.368 e. The molecule has 5 heteroatoms. The van der Waals surface area contributed by atoms with E-state index in [4.69, 9.17) is 5.73 Å². The van der Waals surface area contributed by atoms with Crippen molar-refractivity contribution in [2.24, 2.45) is 5.73 Å². The van der Waals surface area contributed by atoms with Gasteiger partial charge in [0.1, 0.15) is 6.04 Å². The molecule has 1 saturated heterocycles. The minimum atomic E-state index is -0.714. The number of nitrogens with two attached hydrogens (primary N) is 1. The van der Waals surface area contributed by atoms with Crippen molar-refractivity contribution < 1.29 is 9.59 Å². The van der Waals surface area contributed by atoms with Gasteiger partial charge >= 0.3 is 0 Å². The van der Waals surface area contributed by atoms with Gasteiger partial charge in [-0.15, -0.1) is 0 Å². The van der Waals surface area contributed by atoms with Crippen LogP contribution in [-0.2, 0) is 16.0 Å². The molecule has 1 aliphatic heterocycles. The van der Waals surface area contributed by atoms with Crippen LogP contribution < -0.4 is 16.4 Å². The smallest absolute Gasteiger partial charge is 0.240 e. The highest BCUT2D eigenvalue weighted by Crippen LogP contribution is 2.27. The fourth-order valence-electron chi connectivity index (χ4n) is 3.37. The normalized spacial score (nSPS) is 20.8. The first-order chi connectivity index (χ1) is 12.1. The first kappa shape index (κ1) is 17.2. The average molecular weight is 337 g/mol. The molecule has 1 heterocycles. The molecule has 0 radical (unpaired) electrons. The summed E-state index contributed by atoms with van der Waals surface area (Å²) in [4.78, 5) is 24.5. The quantitative estimate of drug-likeness (QED) is 0.744. The predicted octanol–water partition coefficient (Wildman–Crippen LogP) is 1.34. The topological polar surface area (TPSA) is 84.2 Å². The van der Waals surface area contributed by atoms with Crippen molar-refractivity contribution in [3.8, 4) is 0 Å². The third-order valence-corrected chi connectivity index (χ3v) is 4.67. The van der Waals surface area contributed by atoms with E-state index < -0.39 is 11.9 Å². The molecule has 130 valence electrons. The summed E-state index contributed by atoms with van der Waals surface area (Å²) < 4.78 is 0. The van der Waals surface area contributed by atoms with Crippen LogP contribution in [0.15, 0.2) is 60.7 Å². The van der Waals surface area contributed by atoms with E-state index in [1.54, 1.807) is 0 Å². The fraction of sp³-hybridized carbons (Fsp3) is 0.300. The highest BCUT2D eigenvalue weighted by Gasteiger charge is 2.35. The summed E-state index contributed by atoms with van der Waals surface area (Å²) in [6.07, 6.45) is 1.28. The summed E-state index contributed by atoms with van der Waals surface area (Å²) in [6.45, 7) is 0.775. The molecule has 5 nitrogen and oxygen atoms in total. The Balaban J connectivity index is 1.69. The third kappa shape index (κ3) is 4.25. The van der Waals surface area contributed by atoms with Gasteiger partial charge in [-0.05, 0) is 24.1 Å². The molecule has 3 rings (SSSR count). The van der Waals surface area contributed by atoms with E-state index in [9.17, 15) is 9.59 Å². The van der Waals surface area contributed by atoms with Crippen molar-refractivity contribution >= 4 is 11.8 Å². The van der Waals surface area contributed by atoms with Gasteiger partial charge in [-0.25, -0.2) is 0 Å². The molecule has 3 atom stereocenters. The second kappa shape index (κ2) is 7.94. The fourth-order valence-corrected chi connectivity index (χ4v) is 3.37. The molecule has 0 spiro atoms. The number of hydrogen-bond acceptors (Lipinski definition) is 3. The van der Waals surface area contributed by atoms with Gasteiger partial charge in [0.15, 0.2) is 0 Å². The Labute approximate surface area is 147 Å². The SMILES string of the molecule is NC(=O)[C@H](Cc1ccccc1)NC(=O)[C@H]1NCC[C@H]1c1ccccc1. The van der Waals surface area contributed by atoms with Crippen molar-refractivity contribution in [2.45, 2.75) is 30.8 Å². The first-order valence-electron chi connectivity index (χ1n) is 8.57. The van der Waals surface area contributed by atoms with Crippen molar-refractivity contribution in [1.29, 1.82) is 0 Å². The molecule has 4 N–H and O–H groups in total. The minimum Gasteiger partial charge on any atom is -0.368 e. The van der Waals surface area contributed by atoms with Gasteiger partial charge < -0.3 is 16.4 Å². The zero-order valence-electron chi connectivity index (χ0n) is 14.0. The van der Waals surface area contributed by atoms with E-state index in [0.717, 1.165) is 24.1 Å². The van der Waals surface area contributed by atoms with E-state index in [1.807, 2.05) is 60.7 Å². The summed E-state index contributed by atoms with van der Waals surface area (Å²) in [5, 5.41) is 6.08. The molecule has 2 aromatic carbocycles. The lowest BCUT2D eigenvalue weighted by Gasteiger charge is -2.22. The van der Waals surface area contributed by atoms with Gasteiger partial charge in [-0.1, -0.05) is 60.7 Å². The lowest BCUT2D eigenvalue weighted by Crippen LogP contribution is -2.52. The number of carbonyl (C=O) groups excluding carboxylic acids is 2. The Bertz CT molecular complexity index is 718. The Morgan fingerprint density at radius 1 is 1.08 bits per heavy atom. The number of benzene rings is 2. The summed E-state index contributed by atoms with van der Waals surface area (Å²) in [5.41, 5.74) is 7.60. The van der Waals surface area contributed by atoms with Crippen LogP contribution in [0.2, 0.25) is 0 Å². The van der Waals surface area contributed by atoms with Crippen LogP contribution in [-0.4, -0.2) is 30.4 Å². The van der Waals surface area contributed by atoms with Crippen molar-refractivity contribution in [3.63, 3.8) is 0 Å². The molecule has 1 aliphatic rings. The molecule has 0 saturated carbocycles. The molecule has 2 aromatic rings. The first-order valence-corrected chi connectivity index (χ1v) is 8.57. The Morgan fingerprint density at radius 2 is 1.72 bits per heavy atom. The number of hydrogen-bond donors (Lipinski definition) is 3. The second-order valence-corrected chi connectivity index (χ2v) is 6.39. The number of amides is 2. The van der Waals surface area contributed by atoms with Crippen molar-refractivity contribution in [1.82, 2.24) is 10.6 Å². The van der Waals surface area contributed by atoms with E-state index >= 15 is 0 Å². The molecule has 0 aliphatic carbocycles. The second-order valence-electron chi connectivity index (χ2n) is 6.39. The van der Waals surface area contributed by atoms with E-state index in [-0.39, 0.29) is 17.9 Å². The van der Waals surface area contributed by atoms with Crippen LogP contribution in [0.3, 0.4) is 0 Å². The Hall–Kier alpha value is -2.66. The minimum absolute atomic E-state index is 0.103. The van der Waals surface area contributed by atoms with Crippen molar-refractivity contribution in [3.05, 3.63) is 71.8 Å². The molecule has 1 fully saturated rings. The van der Waals surface area contributed by atoms with Gasteiger partial charge in [0, 0.05) is 12.3 Å². The average Bonchev–Trinajstić information content (AvgIpc) is 3.12. The Kier molecular flexibility index (Phi) is 5.46. The standard InChI is InChI=1S/C20H23N3O2/c21-19(24)17(13-14-7-3-1-4-8-14)23-20(25)18-16(11-12-22-18)15-9-5-2-6-10-15/h1-10,16-18,22H,11-13H2,(H2,21,24)(H,23,25)/t16-,17-,18-/m0/s1. The van der Waals surface area contributed by atoms with Gasteiger partial charge in [-0.3, -0.25) is 9.59 Å². The number of carbonyl (C=O) groups is 2. The van der Waals surface area contributed by atoms with Gasteiger partial charge in [0.2, 0.25) is 11.8 Å². The maximum atomic E-state index is 12.8. The lowest BCUT2D eigenvalue weighted by molar-refractivity contribution is -0.128. The summed E-state index contributed by atoms with van der Waals surface area (Å²) in [6, 6.07) is 18.5. The van der Waals surface area contributed by atoms with Crippen LogP contribution >= 0.6 is 0 Å². The van der Waals surface area contributed by atoms with E-state index in [0.29, 0.717) is 6.42 Å². The zero-order valence-corrected chi connectivity index (χ0v) is 14.0. The van der Waals surface area contributed by atoms with Crippen LogP contribution in [0.5, 0.6) is 0 Å². The van der Waals surface area contributed by atoms with E-state index in [1.165, 1.54) is 0 Å². The number of primary amides is 1.